The number of nitriles is 1. The molecular weight excluding hydrogens is 425 g/mol. The number of benzene rings is 3. The van der Waals surface area contributed by atoms with Gasteiger partial charge in [-0.25, -0.2) is 4.39 Å². The highest BCUT2D eigenvalue weighted by molar-refractivity contribution is 8.05. The molecule has 32 heavy (non-hydrogen) atoms. The normalized spacial score (nSPS) is 17.1. The number of rotatable bonds is 5. The van der Waals surface area contributed by atoms with Crippen LogP contribution in [0, 0.1) is 17.1 Å². The fraction of sp³-hybridized carbons (Fsp3) is 0.0800. The van der Waals surface area contributed by atoms with E-state index in [2.05, 4.69) is 5.32 Å². The van der Waals surface area contributed by atoms with Crippen molar-refractivity contribution in [2.75, 3.05) is 10.2 Å². The second-order valence-corrected chi connectivity index (χ2v) is 8.25. The molecule has 0 saturated carbocycles. The van der Waals surface area contributed by atoms with Crippen LogP contribution in [0.1, 0.15) is 5.56 Å². The summed E-state index contributed by atoms with van der Waals surface area (Å²) in [4.78, 5) is 27.7. The van der Waals surface area contributed by atoms with Crippen LogP contribution < -0.4 is 10.2 Å². The SMILES string of the molecule is N#C/C(C(=O)Nc1ccc(F)cc1)=C1/S[C@H](Cc2ccccc2)C(=O)N1c1ccccc1. The summed E-state index contributed by atoms with van der Waals surface area (Å²) in [6, 6.07) is 25.7. The topological polar surface area (TPSA) is 73.2 Å². The lowest BCUT2D eigenvalue weighted by Crippen LogP contribution is -2.30. The maximum Gasteiger partial charge on any atom is 0.269 e. The molecule has 1 fully saturated rings. The number of nitrogens with one attached hydrogen (secondary N) is 1. The van der Waals surface area contributed by atoms with E-state index in [1.54, 1.807) is 24.3 Å². The van der Waals surface area contributed by atoms with E-state index < -0.39 is 17.0 Å². The second-order valence-electron chi connectivity index (χ2n) is 7.06. The number of carbonyl (C=O) groups excluding carboxylic acids is 2. The van der Waals surface area contributed by atoms with Gasteiger partial charge in [0.1, 0.15) is 22.5 Å². The van der Waals surface area contributed by atoms with Crippen LogP contribution in [0.25, 0.3) is 0 Å². The van der Waals surface area contributed by atoms with Gasteiger partial charge in [-0.05, 0) is 48.4 Å². The van der Waals surface area contributed by atoms with E-state index in [1.807, 2.05) is 42.5 Å². The molecule has 1 heterocycles. The summed E-state index contributed by atoms with van der Waals surface area (Å²) >= 11 is 1.20. The minimum Gasteiger partial charge on any atom is -0.321 e. The molecule has 4 rings (SSSR count). The summed E-state index contributed by atoms with van der Waals surface area (Å²) in [7, 11) is 0. The standard InChI is InChI=1S/C25H18FN3O2S/c26-18-11-13-19(14-12-18)28-23(30)21(16-27)25-29(20-9-5-2-6-10-20)24(31)22(32-25)15-17-7-3-1-4-8-17/h1-14,22H,15H2,(H,28,30)/b25-21-/t22-/m1/s1. The third-order valence-electron chi connectivity index (χ3n) is 4.89. The van der Waals surface area contributed by atoms with Gasteiger partial charge in [0.2, 0.25) is 5.91 Å². The second kappa shape index (κ2) is 9.50. The fourth-order valence-electron chi connectivity index (χ4n) is 3.35. The lowest BCUT2D eigenvalue weighted by Gasteiger charge is -2.18. The molecule has 0 bridgehead atoms. The van der Waals surface area contributed by atoms with Gasteiger partial charge in [-0.15, -0.1) is 0 Å². The largest absolute Gasteiger partial charge is 0.321 e. The minimum absolute atomic E-state index is 0.174. The molecule has 0 radical (unpaired) electrons. The van der Waals surface area contributed by atoms with Crippen LogP contribution in [-0.4, -0.2) is 17.1 Å². The first-order valence-electron chi connectivity index (χ1n) is 9.87. The zero-order valence-electron chi connectivity index (χ0n) is 16.9. The number of carbonyl (C=O) groups is 2. The predicted octanol–water partition coefficient (Wildman–Crippen LogP) is 4.89. The lowest BCUT2D eigenvalue weighted by molar-refractivity contribution is -0.117. The van der Waals surface area contributed by atoms with Crippen LogP contribution in [-0.2, 0) is 16.0 Å². The molecular formula is C25H18FN3O2S. The van der Waals surface area contributed by atoms with E-state index in [1.165, 1.54) is 40.9 Å². The molecule has 0 aromatic heterocycles. The summed E-state index contributed by atoms with van der Waals surface area (Å²) in [5.74, 6) is -1.28. The van der Waals surface area contributed by atoms with Gasteiger partial charge in [-0.2, -0.15) is 5.26 Å². The number of hydrogen-bond donors (Lipinski definition) is 1. The van der Waals surface area contributed by atoms with Crippen molar-refractivity contribution in [1.29, 1.82) is 5.26 Å². The smallest absolute Gasteiger partial charge is 0.269 e. The molecule has 158 valence electrons. The number of halogens is 1. The van der Waals surface area contributed by atoms with Gasteiger partial charge in [0.25, 0.3) is 5.91 Å². The molecule has 0 spiro atoms. The average molecular weight is 444 g/mol. The Hall–Kier alpha value is -3.89. The summed E-state index contributed by atoms with van der Waals surface area (Å²) in [6.45, 7) is 0. The zero-order valence-corrected chi connectivity index (χ0v) is 17.7. The van der Waals surface area contributed by atoms with Gasteiger partial charge in [0, 0.05) is 11.4 Å². The third-order valence-corrected chi connectivity index (χ3v) is 6.15. The van der Waals surface area contributed by atoms with Crippen LogP contribution in [0.4, 0.5) is 15.8 Å². The number of thioether (sulfide) groups is 1. The maximum atomic E-state index is 13.3. The fourth-order valence-corrected chi connectivity index (χ4v) is 4.66. The van der Waals surface area contributed by atoms with E-state index in [0.717, 1.165) is 5.56 Å². The van der Waals surface area contributed by atoms with Crippen molar-refractivity contribution < 1.29 is 14.0 Å². The Morgan fingerprint density at radius 3 is 2.25 bits per heavy atom. The number of para-hydroxylation sites is 1. The van der Waals surface area contributed by atoms with Crippen molar-refractivity contribution in [3.63, 3.8) is 0 Å². The Morgan fingerprint density at radius 2 is 1.62 bits per heavy atom. The molecule has 5 nitrogen and oxygen atoms in total. The van der Waals surface area contributed by atoms with Crippen LogP contribution in [0.2, 0.25) is 0 Å². The van der Waals surface area contributed by atoms with Crippen molar-refractivity contribution in [3.05, 3.63) is 107 Å². The van der Waals surface area contributed by atoms with E-state index in [4.69, 9.17) is 0 Å². The Bertz CT molecular complexity index is 1210. The average Bonchev–Trinajstić information content (AvgIpc) is 3.12. The highest BCUT2D eigenvalue weighted by Gasteiger charge is 2.40. The molecule has 3 aromatic rings. The van der Waals surface area contributed by atoms with Crippen molar-refractivity contribution >= 4 is 35.0 Å². The van der Waals surface area contributed by atoms with Crippen molar-refractivity contribution in [2.24, 2.45) is 0 Å². The Morgan fingerprint density at radius 1 is 1.00 bits per heavy atom. The highest BCUT2D eigenvalue weighted by Crippen LogP contribution is 2.42. The van der Waals surface area contributed by atoms with Gasteiger partial charge in [0.15, 0.2) is 0 Å². The molecule has 1 N–H and O–H groups in total. The summed E-state index contributed by atoms with van der Waals surface area (Å²) in [5.41, 5.74) is 1.75. The van der Waals surface area contributed by atoms with Gasteiger partial charge in [0.05, 0.1) is 5.25 Å². The van der Waals surface area contributed by atoms with Crippen LogP contribution in [0.5, 0.6) is 0 Å². The number of nitrogens with zero attached hydrogens (tertiary/aromatic N) is 2. The zero-order chi connectivity index (χ0) is 22.5. The van der Waals surface area contributed by atoms with E-state index in [9.17, 15) is 19.2 Å². The summed E-state index contributed by atoms with van der Waals surface area (Å²) in [6.07, 6.45) is 0.468. The van der Waals surface area contributed by atoms with E-state index in [0.29, 0.717) is 17.8 Å². The highest BCUT2D eigenvalue weighted by atomic mass is 32.2. The molecule has 2 amide bonds. The van der Waals surface area contributed by atoms with Crippen LogP contribution in [0.3, 0.4) is 0 Å². The summed E-state index contributed by atoms with van der Waals surface area (Å²) in [5, 5.41) is 12.2. The van der Waals surface area contributed by atoms with Crippen molar-refractivity contribution in [2.45, 2.75) is 11.7 Å². The van der Waals surface area contributed by atoms with Crippen LogP contribution in [0.15, 0.2) is 95.5 Å². The third kappa shape index (κ3) is 4.56. The molecule has 1 aliphatic heterocycles. The molecule has 7 heteroatoms. The van der Waals surface area contributed by atoms with Crippen LogP contribution >= 0.6 is 11.8 Å². The van der Waals surface area contributed by atoms with Gasteiger partial charge < -0.3 is 5.32 Å². The Kier molecular flexibility index (Phi) is 6.34. The number of anilines is 2. The summed E-state index contributed by atoms with van der Waals surface area (Å²) < 4.78 is 13.2. The molecule has 1 saturated heterocycles. The minimum atomic E-state index is -0.657. The predicted molar refractivity (Wildman–Crippen MR) is 123 cm³/mol. The Balaban J connectivity index is 1.70. The molecule has 3 aromatic carbocycles. The molecule has 0 unspecified atom stereocenters. The van der Waals surface area contributed by atoms with Gasteiger partial charge >= 0.3 is 0 Å². The number of hydrogen-bond acceptors (Lipinski definition) is 4. The van der Waals surface area contributed by atoms with E-state index >= 15 is 0 Å². The first-order chi connectivity index (χ1) is 15.6. The Labute approximate surface area is 189 Å². The van der Waals surface area contributed by atoms with Gasteiger partial charge in [-0.3, -0.25) is 14.5 Å². The quantitative estimate of drug-likeness (QED) is 0.450. The van der Waals surface area contributed by atoms with E-state index in [-0.39, 0.29) is 16.5 Å². The molecule has 0 aliphatic carbocycles. The van der Waals surface area contributed by atoms with Crippen molar-refractivity contribution in [1.82, 2.24) is 0 Å². The monoisotopic (exact) mass is 443 g/mol. The van der Waals surface area contributed by atoms with Crippen molar-refractivity contribution in [3.8, 4) is 6.07 Å². The number of amides is 2. The maximum absolute atomic E-state index is 13.3. The molecule has 1 atom stereocenters. The van der Waals surface area contributed by atoms with Gasteiger partial charge in [-0.1, -0.05) is 60.3 Å². The molecule has 1 aliphatic rings. The first kappa shape index (κ1) is 21.3. The first-order valence-corrected chi connectivity index (χ1v) is 10.8. The lowest BCUT2D eigenvalue weighted by atomic mass is 10.1.